The van der Waals surface area contributed by atoms with Gasteiger partial charge in [0.1, 0.15) is 6.10 Å². The number of pyridine rings is 1. The van der Waals surface area contributed by atoms with Crippen molar-refractivity contribution < 1.29 is 9.26 Å². The van der Waals surface area contributed by atoms with Gasteiger partial charge in [0.05, 0.1) is 11.4 Å². The lowest BCUT2D eigenvalue weighted by Gasteiger charge is -2.31. The van der Waals surface area contributed by atoms with Crippen molar-refractivity contribution in [2.75, 3.05) is 18.1 Å². The minimum atomic E-state index is -0.0811. The van der Waals surface area contributed by atoms with E-state index in [-0.39, 0.29) is 6.10 Å². The lowest BCUT2D eigenvalue weighted by atomic mass is 9.94. The van der Waals surface area contributed by atoms with Crippen LogP contribution in [0.15, 0.2) is 16.9 Å². The first kappa shape index (κ1) is 18.2. The summed E-state index contributed by atoms with van der Waals surface area (Å²) in [6, 6.07) is 0. The van der Waals surface area contributed by atoms with Crippen LogP contribution in [0.3, 0.4) is 0 Å². The van der Waals surface area contributed by atoms with E-state index in [1.165, 1.54) is 11.1 Å². The molecule has 0 spiro atoms. The smallest absolute Gasteiger partial charge is 0.256 e. The van der Waals surface area contributed by atoms with Crippen LogP contribution in [0.1, 0.15) is 53.0 Å². The van der Waals surface area contributed by atoms with Crippen molar-refractivity contribution in [2.24, 2.45) is 0 Å². The molecule has 0 saturated carbocycles. The van der Waals surface area contributed by atoms with Gasteiger partial charge in [0.2, 0.25) is 5.82 Å². The molecule has 1 saturated heterocycles. The van der Waals surface area contributed by atoms with Gasteiger partial charge < -0.3 is 14.2 Å². The number of aromatic nitrogens is 5. The third-order valence-corrected chi connectivity index (χ3v) is 5.68. The normalized spacial score (nSPS) is 18.9. The zero-order valence-electron chi connectivity index (χ0n) is 17.0. The molecule has 1 fully saturated rings. The van der Waals surface area contributed by atoms with Crippen molar-refractivity contribution in [3.8, 4) is 11.4 Å². The molecule has 8 heteroatoms. The van der Waals surface area contributed by atoms with Crippen molar-refractivity contribution in [2.45, 2.75) is 52.7 Å². The molecule has 0 aromatic carbocycles. The van der Waals surface area contributed by atoms with Gasteiger partial charge in [-0.1, -0.05) is 5.16 Å². The summed E-state index contributed by atoms with van der Waals surface area (Å²) >= 11 is 0. The van der Waals surface area contributed by atoms with Crippen molar-refractivity contribution >= 4 is 5.82 Å². The maximum absolute atomic E-state index is 5.68. The summed E-state index contributed by atoms with van der Waals surface area (Å²) in [6.45, 7) is 8.33. The second kappa shape index (κ2) is 7.18. The van der Waals surface area contributed by atoms with Crippen LogP contribution in [0.2, 0.25) is 0 Å². The molecule has 2 aliphatic heterocycles. The van der Waals surface area contributed by atoms with Gasteiger partial charge in [0, 0.05) is 43.3 Å². The highest BCUT2D eigenvalue weighted by Crippen LogP contribution is 2.34. The highest BCUT2D eigenvalue weighted by atomic mass is 16.5. The predicted molar refractivity (Wildman–Crippen MR) is 106 cm³/mol. The minimum absolute atomic E-state index is 0.0811. The van der Waals surface area contributed by atoms with Gasteiger partial charge >= 0.3 is 0 Å². The van der Waals surface area contributed by atoms with E-state index in [9.17, 15) is 0 Å². The lowest BCUT2D eigenvalue weighted by molar-refractivity contribution is 0.0835. The molecule has 3 aromatic heterocycles. The highest BCUT2D eigenvalue weighted by molar-refractivity contribution is 5.66. The molecular weight excluding hydrogens is 368 g/mol. The van der Waals surface area contributed by atoms with Gasteiger partial charge in [0.25, 0.3) is 5.89 Å². The fourth-order valence-corrected chi connectivity index (χ4v) is 4.19. The van der Waals surface area contributed by atoms with Crippen LogP contribution < -0.4 is 4.90 Å². The monoisotopic (exact) mass is 392 g/mol. The summed E-state index contributed by atoms with van der Waals surface area (Å²) < 4.78 is 11.2. The number of rotatable bonds is 3. The van der Waals surface area contributed by atoms with Crippen LogP contribution in [0, 0.1) is 20.8 Å². The molecule has 0 N–H and O–H groups in total. The molecule has 0 bridgehead atoms. The first-order valence-electron chi connectivity index (χ1n) is 10.1. The first-order chi connectivity index (χ1) is 14.1. The van der Waals surface area contributed by atoms with Gasteiger partial charge in [0.15, 0.2) is 5.82 Å². The van der Waals surface area contributed by atoms with Gasteiger partial charge in [-0.3, -0.25) is 9.97 Å². The topological polar surface area (TPSA) is 90.1 Å². The van der Waals surface area contributed by atoms with Gasteiger partial charge in [-0.25, -0.2) is 4.98 Å². The van der Waals surface area contributed by atoms with E-state index in [1.54, 1.807) is 0 Å². The van der Waals surface area contributed by atoms with Crippen LogP contribution in [0.4, 0.5) is 5.82 Å². The van der Waals surface area contributed by atoms with Crippen molar-refractivity contribution in [1.82, 2.24) is 25.1 Å². The molecule has 8 nitrogen and oxygen atoms in total. The number of aryl methyl sites for hydroxylation is 3. The summed E-state index contributed by atoms with van der Waals surface area (Å²) in [4.78, 5) is 20.7. The predicted octanol–water partition coefficient (Wildman–Crippen LogP) is 3.26. The van der Waals surface area contributed by atoms with Crippen LogP contribution in [0.25, 0.3) is 11.4 Å². The molecule has 0 radical (unpaired) electrons. The van der Waals surface area contributed by atoms with Crippen LogP contribution in [0.5, 0.6) is 0 Å². The molecule has 150 valence electrons. The Kier molecular flexibility index (Phi) is 4.50. The average molecular weight is 392 g/mol. The Morgan fingerprint density at radius 3 is 2.76 bits per heavy atom. The summed E-state index contributed by atoms with van der Waals surface area (Å²) in [5.74, 6) is 2.12. The van der Waals surface area contributed by atoms with Crippen LogP contribution in [-0.2, 0) is 17.7 Å². The third-order valence-electron chi connectivity index (χ3n) is 5.68. The summed E-state index contributed by atoms with van der Waals surface area (Å²) in [7, 11) is 0. The Balaban J connectivity index is 1.49. The number of fused-ring (bicyclic) bond motifs is 1. The van der Waals surface area contributed by atoms with E-state index in [0.29, 0.717) is 11.7 Å². The average Bonchev–Trinajstić information content (AvgIpc) is 3.41. The number of anilines is 1. The Labute approximate surface area is 169 Å². The molecule has 0 unspecified atom stereocenters. The Morgan fingerprint density at radius 1 is 1.07 bits per heavy atom. The molecule has 0 aliphatic carbocycles. The zero-order valence-corrected chi connectivity index (χ0v) is 17.0. The first-order valence-corrected chi connectivity index (χ1v) is 10.1. The Bertz CT molecular complexity index is 1060. The standard InChI is InChI=1S/C21H24N6O2/c1-12-9-22-14(3)20(24-12)27-7-6-16-15(11-27)10-23-13(2)18(16)19-25-21(29-26-19)17-5-4-8-28-17/h9-10,17H,4-8,11H2,1-3H3/t17-/m1/s1. The van der Waals surface area contributed by atoms with Gasteiger partial charge in [-0.15, -0.1) is 0 Å². The van der Waals surface area contributed by atoms with Crippen molar-refractivity contribution in [3.05, 3.63) is 46.5 Å². The summed E-state index contributed by atoms with van der Waals surface area (Å²) in [5, 5.41) is 4.26. The van der Waals surface area contributed by atoms with E-state index in [4.69, 9.17) is 14.2 Å². The second-order valence-corrected chi connectivity index (χ2v) is 7.77. The highest BCUT2D eigenvalue weighted by Gasteiger charge is 2.28. The Hall–Kier alpha value is -2.87. The fourth-order valence-electron chi connectivity index (χ4n) is 4.19. The van der Waals surface area contributed by atoms with E-state index < -0.39 is 0 Å². The largest absolute Gasteiger partial charge is 0.368 e. The molecule has 5 heterocycles. The fraction of sp³-hybridized carbons (Fsp3) is 0.476. The number of ether oxygens (including phenoxy) is 1. The molecule has 5 rings (SSSR count). The van der Waals surface area contributed by atoms with Gasteiger partial charge in [-0.05, 0) is 51.2 Å². The van der Waals surface area contributed by atoms with Crippen LogP contribution >= 0.6 is 0 Å². The second-order valence-electron chi connectivity index (χ2n) is 7.77. The number of nitrogens with zero attached hydrogens (tertiary/aromatic N) is 6. The lowest BCUT2D eigenvalue weighted by Crippen LogP contribution is -2.32. The maximum Gasteiger partial charge on any atom is 0.256 e. The maximum atomic E-state index is 5.68. The van der Waals surface area contributed by atoms with E-state index in [2.05, 4.69) is 25.0 Å². The van der Waals surface area contributed by atoms with Crippen molar-refractivity contribution in [3.63, 3.8) is 0 Å². The molecule has 0 amide bonds. The molecule has 1 atom stereocenters. The molecule has 3 aromatic rings. The third kappa shape index (κ3) is 3.27. The van der Waals surface area contributed by atoms with E-state index in [1.807, 2.05) is 33.2 Å². The molecule has 2 aliphatic rings. The van der Waals surface area contributed by atoms with E-state index in [0.717, 1.165) is 67.4 Å². The number of hydrogen-bond donors (Lipinski definition) is 0. The summed E-state index contributed by atoms with van der Waals surface area (Å²) in [5.41, 5.74) is 6.19. The minimum Gasteiger partial charge on any atom is -0.368 e. The summed E-state index contributed by atoms with van der Waals surface area (Å²) in [6.07, 6.45) is 6.51. The van der Waals surface area contributed by atoms with E-state index >= 15 is 0 Å². The molecule has 29 heavy (non-hydrogen) atoms. The zero-order chi connectivity index (χ0) is 20.0. The quantitative estimate of drug-likeness (QED) is 0.671. The SMILES string of the molecule is Cc1cnc(C)c(N2CCc3c(cnc(C)c3-c3noc([C@H]4CCCO4)n3)C2)n1. The van der Waals surface area contributed by atoms with Crippen molar-refractivity contribution in [1.29, 1.82) is 0 Å². The Morgan fingerprint density at radius 2 is 1.93 bits per heavy atom. The van der Waals surface area contributed by atoms with Crippen LogP contribution in [-0.4, -0.2) is 38.2 Å². The van der Waals surface area contributed by atoms with Gasteiger partial charge in [-0.2, -0.15) is 4.98 Å². The number of hydrogen-bond acceptors (Lipinski definition) is 8. The molecular formula is C21H24N6O2.